The number of rotatable bonds is 4. The molecule has 0 radical (unpaired) electrons. The highest BCUT2D eigenvalue weighted by atomic mass is 35.5. The molecule has 6 nitrogen and oxygen atoms in total. The number of anilines is 1. The molecule has 0 aliphatic carbocycles. The maximum absolute atomic E-state index is 11.7. The molecule has 0 spiro atoms. The second-order valence-electron chi connectivity index (χ2n) is 4.05. The molecule has 0 saturated carbocycles. The van der Waals surface area contributed by atoms with Crippen LogP contribution in [0.4, 0.5) is 10.5 Å². The Hall–Kier alpha value is -2.25. The van der Waals surface area contributed by atoms with Gasteiger partial charge in [-0.05, 0) is 30.3 Å². The van der Waals surface area contributed by atoms with Gasteiger partial charge in [0.15, 0.2) is 0 Å². The van der Waals surface area contributed by atoms with Gasteiger partial charge in [0, 0.05) is 4.88 Å². The SMILES string of the molecule is O=C(NCc1ccc(Cl)s1)Nc1ccc(C(=O)O)cc1O. The molecule has 110 valence electrons. The molecule has 2 amide bonds. The van der Waals surface area contributed by atoms with E-state index in [0.717, 1.165) is 10.9 Å². The lowest BCUT2D eigenvalue weighted by Crippen LogP contribution is -2.27. The average Bonchev–Trinajstić information content (AvgIpc) is 2.84. The summed E-state index contributed by atoms with van der Waals surface area (Å²) in [6.45, 7) is 0.303. The molecule has 8 heteroatoms. The van der Waals surface area contributed by atoms with Gasteiger partial charge < -0.3 is 20.8 Å². The summed E-state index contributed by atoms with van der Waals surface area (Å²) in [5, 5.41) is 23.5. The summed E-state index contributed by atoms with van der Waals surface area (Å²) in [4.78, 5) is 23.3. The molecule has 0 aliphatic rings. The van der Waals surface area contributed by atoms with Crippen molar-refractivity contribution >= 4 is 40.6 Å². The highest BCUT2D eigenvalue weighted by Crippen LogP contribution is 2.24. The third-order valence-electron chi connectivity index (χ3n) is 2.54. The van der Waals surface area contributed by atoms with Crippen molar-refractivity contribution in [3.8, 4) is 5.75 Å². The summed E-state index contributed by atoms with van der Waals surface area (Å²) >= 11 is 7.13. The summed E-state index contributed by atoms with van der Waals surface area (Å²) in [5.74, 6) is -1.47. The van der Waals surface area contributed by atoms with E-state index < -0.39 is 12.0 Å². The minimum atomic E-state index is -1.16. The maximum atomic E-state index is 11.7. The number of thiophene rings is 1. The minimum absolute atomic E-state index is 0.0633. The standard InChI is InChI=1S/C13H11ClN2O4S/c14-11-4-2-8(21-11)6-15-13(20)16-9-3-1-7(12(18)19)5-10(9)17/h1-5,17H,6H2,(H,18,19)(H2,15,16,20). The second-order valence-corrected chi connectivity index (χ2v) is 5.85. The number of aromatic carboxylic acids is 1. The molecule has 1 heterocycles. The minimum Gasteiger partial charge on any atom is -0.506 e. The van der Waals surface area contributed by atoms with E-state index in [1.807, 2.05) is 0 Å². The first-order chi connectivity index (χ1) is 9.95. The number of urea groups is 1. The van der Waals surface area contributed by atoms with Gasteiger partial charge in [-0.15, -0.1) is 11.3 Å². The molecule has 1 aromatic carbocycles. The number of phenols is 1. The fourth-order valence-electron chi connectivity index (χ4n) is 1.55. The van der Waals surface area contributed by atoms with Crippen LogP contribution in [0.1, 0.15) is 15.2 Å². The van der Waals surface area contributed by atoms with Crippen molar-refractivity contribution in [3.63, 3.8) is 0 Å². The number of benzene rings is 1. The van der Waals surface area contributed by atoms with Gasteiger partial charge in [0.2, 0.25) is 0 Å². The molecule has 0 bridgehead atoms. The number of nitrogens with one attached hydrogen (secondary N) is 2. The highest BCUT2D eigenvalue weighted by molar-refractivity contribution is 7.16. The van der Waals surface area contributed by atoms with Crippen LogP contribution in [0.15, 0.2) is 30.3 Å². The Balaban J connectivity index is 1.94. The lowest BCUT2D eigenvalue weighted by molar-refractivity contribution is 0.0696. The molecule has 0 atom stereocenters. The van der Waals surface area contributed by atoms with Gasteiger partial charge in [-0.1, -0.05) is 11.6 Å². The normalized spacial score (nSPS) is 10.1. The fraction of sp³-hybridized carbons (Fsp3) is 0.0769. The number of aromatic hydroxyl groups is 1. The first kappa shape index (κ1) is 15.1. The van der Waals surface area contributed by atoms with Crippen LogP contribution in [-0.2, 0) is 6.54 Å². The first-order valence-corrected chi connectivity index (χ1v) is 7.00. The monoisotopic (exact) mass is 326 g/mol. The van der Waals surface area contributed by atoms with Crippen molar-refractivity contribution in [2.45, 2.75) is 6.54 Å². The van der Waals surface area contributed by atoms with Crippen molar-refractivity contribution in [2.75, 3.05) is 5.32 Å². The van der Waals surface area contributed by atoms with Gasteiger partial charge in [-0.3, -0.25) is 0 Å². The summed E-state index contributed by atoms with van der Waals surface area (Å²) in [7, 11) is 0. The summed E-state index contributed by atoms with van der Waals surface area (Å²) in [6.07, 6.45) is 0. The maximum Gasteiger partial charge on any atom is 0.335 e. The van der Waals surface area contributed by atoms with Crippen molar-refractivity contribution in [1.82, 2.24) is 5.32 Å². The average molecular weight is 327 g/mol. The van der Waals surface area contributed by atoms with Crippen molar-refractivity contribution in [3.05, 3.63) is 45.1 Å². The van der Waals surface area contributed by atoms with Crippen LogP contribution in [0.5, 0.6) is 5.75 Å². The highest BCUT2D eigenvalue weighted by Gasteiger charge is 2.10. The van der Waals surface area contributed by atoms with Crippen LogP contribution in [0, 0.1) is 0 Å². The quantitative estimate of drug-likeness (QED) is 0.649. The van der Waals surface area contributed by atoms with Gasteiger partial charge in [-0.2, -0.15) is 0 Å². The van der Waals surface area contributed by atoms with E-state index in [0.29, 0.717) is 10.9 Å². The third kappa shape index (κ3) is 4.11. The van der Waals surface area contributed by atoms with E-state index in [9.17, 15) is 14.7 Å². The van der Waals surface area contributed by atoms with Crippen molar-refractivity contribution < 1.29 is 19.8 Å². The molecule has 21 heavy (non-hydrogen) atoms. The Morgan fingerprint density at radius 1 is 1.24 bits per heavy atom. The lowest BCUT2D eigenvalue weighted by Gasteiger charge is -2.09. The van der Waals surface area contributed by atoms with E-state index in [-0.39, 0.29) is 17.0 Å². The largest absolute Gasteiger partial charge is 0.506 e. The molecule has 0 aliphatic heterocycles. The number of phenolic OH excluding ortho intramolecular Hbond substituents is 1. The van der Waals surface area contributed by atoms with Gasteiger partial charge in [0.25, 0.3) is 0 Å². The van der Waals surface area contributed by atoms with Gasteiger partial charge in [0.05, 0.1) is 22.1 Å². The zero-order valence-corrected chi connectivity index (χ0v) is 12.2. The predicted octanol–water partition coefficient (Wildman–Crippen LogP) is 3.13. The zero-order valence-electron chi connectivity index (χ0n) is 10.6. The number of carboxylic acid groups (broad SMARTS) is 1. The molecular weight excluding hydrogens is 316 g/mol. The molecule has 1 aromatic heterocycles. The van der Waals surface area contributed by atoms with E-state index in [1.54, 1.807) is 12.1 Å². The number of carbonyl (C=O) groups excluding carboxylic acids is 1. The zero-order chi connectivity index (χ0) is 15.4. The second kappa shape index (κ2) is 6.47. The van der Waals surface area contributed by atoms with Gasteiger partial charge in [-0.25, -0.2) is 9.59 Å². The Bertz CT molecular complexity index is 687. The molecule has 0 fully saturated rings. The molecule has 2 aromatic rings. The van der Waals surface area contributed by atoms with Crippen LogP contribution >= 0.6 is 22.9 Å². The van der Waals surface area contributed by atoms with Crippen LogP contribution in [-0.4, -0.2) is 22.2 Å². The number of halogens is 1. The summed E-state index contributed by atoms with van der Waals surface area (Å²) < 4.78 is 0.633. The van der Waals surface area contributed by atoms with Crippen LogP contribution in [0.2, 0.25) is 4.34 Å². The lowest BCUT2D eigenvalue weighted by atomic mass is 10.2. The number of carbonyl (C=O) groups is 2. The van der Waals surface area contributed by atoms with Gasteiger partial charge in [0.1, 0.15) is 5.75 Å². The van der Waals surface area contributed by atoms with Crippen molar-refractivity contribution in [1.29, 1.82) is 0 Å². The van der Waals surface area contributed by atoms with E-state index in [4.69, 9.17) is 16.7 Å². The molecule has 0 saturated heterocycles. The van der Waals surface area contributed by atoms with Gasteiger partial charge >= 0.3 is 12.0 Å². The first-order valence-electron chi connectivity index (χ1n) is 5.81. The summed E-state index contributed by atoms with van der Waals surface area (Å²) in [6, 6.07) is 6.69. The Morgan fingerprint density at radius 2 is 2.00 bits per heavy atom. The Labute approximate surface area is 129 Å². The van der Waals surface area contributed by atoms with E-state index in [1.165, 1.54) is 23.5 Å². The topological polar surface area (TPSA) is 98.7 Å². The fourth-order valence-corrected chi connectivity index (χ4v) is 2.58. The van der Waals surface area contributed by atoms with Crippen molar-refractivity contribution in [2.24, 2.45) is 0 Å². The van der Waals surface area contributed by atoms with E-state index in [2.05, 4.69) is 10.6 Å². The molecule has 0 unspecified atom stereocenters. The third-order valence-corrected chi connectivity index (χ3v) is 3.78. The molecule has 2 rings (SSSR count). The molecule has 4 N–H and O–H groups in total. The number of amides is 2. The number of carboxylic acids is 1. The summed E-state index contributed by atoms with van der Waals surface area (Å²) in [5.41, 5.74) is 0.0633. The van der Waals surface area contributed by atoms with Crippen LogP contribution < -0.4 is 10.6 Å². The van der Waals surface area contributed by atoms with Crippen LogP contribution in [0.25, 0.3) is 0 Å². The number of hydrogen-bond acceptors (Lipinski definition) is 4. The molecular formula is C13H11ClN2O4S. The number of hydrogen-bond donors (Lipinski definition) is 4. The smallest absolute Gasteiger partial charge is 0.335 e. The Morgan fingerprint density at radius 3 is 2.57 bits per heavy atom. The van der Waals surface area contributed by atoms with E-state index >= 15 is 0 Å². The van der Waals surface area contributed by atoms with Crippen LogP contribution in [0.3, 0.4) is 0 Å². The predicted molar refractivity (Wildman–Crippen MR) is 80.3 cm³/mol. The Kier molecular flexibility index (Phi) is 4.66.